The summed E-state index contributed by atoms with van der Waals surface area (Å²) in [6.45, 7) is 13.0. The summed E-state index contributed by atoms with van der Waals surface area (Å²) >= 11 is 6.74. The topological polar surface area (TPSA) is 158 Å². The van der Waals surface area contributed by atoms with E-state index in [1.54, 1.807) is 4.90 Å². The number of rotatable bonds is 11. The molecule has 6 rings (SSSR count). The molecule has 0 aliphatic carbocycles. The van der Waals surface area contributed by atoms with Crippen molar-refractivity contribution in [3.05, 3.63) is 71.3 Å². The van der Waals surface area contributed by atoms with Crippen LogP contribution in [-0.4, -0.2) is 94.9 Å². The van der Waals surface area contributed by atoms with Crippen LogP contribution >= 0.6 is 11.6 Å². The number of methoxy groups -OCH3 is 2. The Hall–Kier alpha value is -5.17. The van der Waals surface area contributed by atoms with Gasteiger partial charge in [0, 0.05) is 37.0 Å². The number of benzene rings is 2. The van der Waals surface area contributed by atoms with Gasteiger partial charge in [0.05, 0.1) is 26.3 Å². The molecule has 1 aromatic heterocycles. The highest BCUT2D eigenvalue weighted by Crippen LogP contribution is 2.38. The molecule has 13 nitrogen and oxygen atoms in total. The highest BCUT2D eigenvalue weighted by atomic mass is 35.5. The molecule has 2 fully saturated rings. The number of nitrogens with one attached hydrogen (secondary N) is 3. The highest BCUT2D eigenvalue weighted by Gasteiger charge is 2.42. The zero-order chi connectivity index (χ0) is 41.1. The van der Waals surface area contributed by atoms with E-state index in [0.29, 0.717) is 48.5 Å². The van der Waals surface area contributed by atoms with Crippen LogP contribution in [0.4, 0.5) is 9.59 Å². The zero-order valence-electron chi connectivity index (χ0n) is 34.0. The van der Waals surface area contributed by atoms with Crippen LogP contribution in [0.5, 0.6) is 0 Å². The summed E-state index contributed by atoms with van der Waals surface area (Å²) < 4.78 is 9.56. The average molecular weight is 800 g/mol. The Balaban J connectivity index is 1.11. The average Bonchev–Trinajstić information content (AvgIpc) is 4.01. The molecule has 57 heavy (non-hydrogen) atoms. The number of ether oxygens (including phenoxy) is 2. The molecule has 4 amide bonds. The Kier molecular flexibility index (Phi) is 12.8. The van der Waals surface area contributed by atoms with E-state index in [1.165, 1.54) is 14.2 Å². The summed E-state index contributed by atoms with van der Waals surface area (Å²) in [6.07, 6.45) is 2.82. The van der Waals surface area contributed by atoms with E-state index >= 15 is 0 Å². The summed E-state index contributed by atoms with van der Waals surface area (Å²) in [5.74, 6) is 0.625. The van der Waals surface area contributed by atoms with Gasteiger partial charge < -0.3 is 34.9 Å². The number of carbonyl (C=O) groups excluding carboxylic acids is 4. The summed E-state index contributed by atoms with van der Waals surface area (Å²) in [4.78, 5) is 68.1. The monoisotopic (exact) mass is 799 g/mol. The second-order valence-electron chi connectivity index (χ2n) is 16.3. The molecule has 3 aliphatic rings. The zero-order valence-corrected chi connectivity index (χ0v) is 34.7. The molecule has 304 valence electrons. The van der Waals surface area contributed by atoms with Gasteiger partial charge in [-0.2, -0.15) is 0 Å². The van der Waals surface area contributed by atoms with E-state index < -0.39 is 24.3 Å². The number of alkyl carbamates (subject to hydrolysis) is 2. The van der Waals surface area contributed by atoms with E-state index in [0.717, 1.165) is 40.0 Å². The van der Waals surface area contributed by atoms with Gasteiger partial charge in [-0.3, -0.25) is 14.6 Å². The number of H-pyrrole nitrogens is 1. The normalized spacial score (nSPS) is 21.7. The van der Waals surface area contributed by atoms with Gasteiger partial charge >= 0.3 is 12.2 Å². The van der Waals surface area contributed by atoms with Crippen molar-refractivity contribution in [1.29, 1.82) is 0 Å². The van der Waals surface area contributed by atoms with E-state index in [-0.39, 0.29) is 41.7 Å². The first kappa shape index (κ1) is 41.5. The molecular formula is C43H54ClN7O6. The maximum Gasteiger partial charge on any atom is 0.407 e. The number of allylic oxidation sites excluding steroid dienone is 1. The fraction of sp³-hybridized carbons (Fsp3) is 0.488. The first-order valence-electron chi connectivity index (χ1n) is 19.7. The Bertz CT molecular complexity index is 2030. The third-order valence-electron chi connectivity index (χ3n) is 11.3. The lowest BCUT2D eigenvalue weighted by molar-refractivity contribution is -0.136. The number of hydrogen-bond donors (Lipinski definition) is 3. The van der Waals surface area contributed by atoms with Crippen molar-refractivity contribution in [3.8, 4) is 22.4 Å². The molecule has 3 N–H and O–H groups in total. The Labute approximate surface area is 339 Å². The Morgan fingerprint density at radius 2 is 1.19 bits per heavy atom. The fourth-order valence-electron chi connectivity index (χ4n) is 8.15. The van der Waals surface area contributed by atoms with Gasteiger partial charge in [0.2, 0.25) is 11.8 Å². The van der Waals surface area contributed by atoms with Gasteiger partial charge in [-0.25, -0.2) is 14.6 Å². The molecule has 14 heteroatoms. The van der Waals surface area contributed by atoms with Crippen molar-refractivity contribution in [2.75, 3.05) is 27.3 Å². The lowest BCUT2D eigenvalue weighted by atomic mass is 9.95. The van der Waals surface area contributed by atoms with E-state index in [4.69, 9.17) is 31.1 Å². The van der Waals surface area contributed by atoms with E-state index in [9.17, 15) is 19.2 Å². The van der Waals surface area contributed by atoms with Crippen LogP contribution in [0.1, 0.15) is 78.2 Å². The third-order valence-corrected chi connectivity index (χ3v) is 11.5. The van der Waals surface area contributed by atoms with Crippen LogP contribution in [0.15, 0.2) is 59.7 Å². The molecule has 0 saturated carbocycles. The molecule has 2 saturated heterocycles. The number of hydrogen-bond acceptors (Lipinski definition) is 8. The molecule has 0 spiro atoms. The van der Waals surface area contributed by atoms with Crippen LogP contribution in [0.2, 0.25) is 5.15 Å². The van der Waals surface area contributed by atoms with Gasteiger partial charge in [0.15, 0.2) is 0 Å². The van der Waals surface area contributed by atoms with Crippen LogP contribution in [0.3, 0.4) is 0 Å². The van der Waals surface area contributed by atoms with Crippen LogP contribution in [-0.2, 0) is 19.1 Å². The lowest BCUT2D eigenvalue weighted by Gasteiger charge is -2.31. The molecule has 6 atom stereocenters. The lowest BCUT2D eigenvalue weighted by Crippen LogP contribution is -2.53. The Morgan fingerprint density at radius 3 is 1.68 bits per heavy atom. The predicted octanol–water partition coefficient (Wildman–Crippen LogP) is 7.49. The van der Waals surface area contributed by atoms with Crippen molar-refractivity contribution in [2.45, 2.75) is 85.0 Å². The first-order chi connectivity index (χ1) is 27.2. The van der Waals surface area contributed by atoms with Crippen LogP contribution in [0.25, 0.3) is 28.0 Å². The predicted molar refractivity (Wildman–Crippen MR) is 220 cm³/mol. The highest BCUT2D eigenvalue weighted by molar-refractivity contribution is 6.32. The number of aromatic nitrogens is 2. The fourth-order valence-corrected chi connectivity index (χ4v) is 8.40. The minimum absolute atomic E-state index is 0.100. The molecule has 4 heterocycles. The molecular weight excluding hydrogens is 746 g/mol. The van der Waals surface area contributed by atoms with Gasteiger partial charge in [0.25, 0.3) is 0 Å². The quantitative estimate of drug-likeness (QED) is 0.181. The number of aromatic amines is 1. The van der Waals surface area contributed by atoms with Crippen molar-refractivity contribution >= 4 is 46.9 Å². The Morgan fingerprint density at radius 1 is 0.737 bits per heavy atom. The largest absolute Gasteiger partial charge is 0.453 e. The second kappa shape index (κ2) is 17.5. The van der Waals surface area contributed by atoms with Gasteiger partial charge in [-0.1, -0.05) is 102 Å². The number of nitrogens with zero attached hydrogens (tertiary/aromatic N) is 4. The summed E-state index contributed by atoms with van der Waals surface area (Å²) in [7, 11) is 2.58. The number of amides is 4. The first-order valence-corrected chi connectivity index (χ1v) is 20.1. The number of imidazole rings is 1. The summed E-state index contributed by atoms with van der Waals surface area (Å²) in [6, 6.07) is 14.6. The van der Waals surface area contributed by atoms with Crippen molar-refractivity contribution in [2.24, 2.45) is 28.7 Å². The minimum Gasteiger partial charge on any atom is -0.453 e. The molecule has 0 unspecified atom stereocenters. The molecule has 3 aromatic rings. The SMILES string of the molecule is COC(=O)N[C@H](C(=O)N1C[C@@H](C)C[C@H]1C1=NC=C(c2ccc(-c3ccc(-c4nc([C@@H]5C[C@H](C)CN5C(=O)[C@@H](NC(=O)OC)C(C)C)[nH]c4Cl)cc3)cc2)C1)C(C)C. The smallest absolute Gasteiger partial charge is 0.407 e. The van der Waals surface area contributed by atoms with Gasteiger partial charge in [-0.05, 0) is 58.8 Å². The number of aliphatic imine (C=N–C) groups is 1. The van der Waals surface area contributed by atoms with E-state index in [2.05, 4.69) is 53.7 Å². The van der Waals surface area contributed by atoms with Crippen molar-refractivity contribution < 1.29 is 28.7 Å². The standard InChI is InChI=1S/C43H54ClN7O6/c1-23(2)35(47-42(54)56-7)40(52)50-21-25(5)17-33(50)32-19-31(20-45-32)29-11-9-27(10-12-29)28-13-15-30(16-14-28)37-38(44)49-39(46-37)34-18-26(6)22-51(34)41(53)36(24(3)4)48-43(55)57-8/h9-16,20,23-26,33-36H,17-19,21-22H2,1-8H3,(H,46,49)(H,47,54)(H,48,55)/t25-,26-,33-,34-,35-,36-/m0/s1. The molecule has 3 aliphatic heterocycles. The second-order valence-corrected chi connectivity index (χ2v) is 16.7. The van der Waals surface area contributed by atoms with Crippen LogP contribution in [0, 0.1) is 23.7 Å². The van der Waals surface area contributed by atoms with Gasteiger partial charge in [-0.15, -0.1) is 0 Å². The van der Waals surface area contributed by atoms with Gasteiger partial charge in [0.1, 0.15) is 28.8 Å². The van der Waals surface area contributed by atoms with E-state index in [1.807, 2.05) is 63.1 Å². The molecule has 0 radical (unpaired) electrons. The maximum absolute atomic E-state index is 13.7. The third kappa shape index (κ3) is 9.03. The maximum atomic E-state index is 13.7. The summed E-state index contributed by atoms with van der Waals surface area (Å²) in [5, 5.41) is 5.81. The van der Waals surface area contributed by atoms with Crippen molar-refractivity contribution in [3.63, 3.8) is 0 Å². The molecule has 0 bridgehead atoms. The van der Waals surface area contributed by atoms with Crippen LogP contribution < -0.4 is 10.6 Å². The minimum atomic E-state index is -0.733. The number of halogens is 1. The number of likely N-dealkylation sites (tertiary alicyclic amines) is 2. The molecule has 2 aromatic carbocycles. The van der Waals surface area contributed by atoms with Crippen molar-refractivity contribution in [1.82, 2.24) is 30.4 Å². The summed E-state index contributed by atoms with van der Waals surface area (Å²) in [5.41, 5.74) is 6.64. The number of carbonyl (C=O) groups is 4.